The lowest BCUT2D eigenvalue weighted by atomic mass is 10.3. The van der Waals surface area contributed by atoms with Crippen molar-refractivity contribution in [1.29, 1.82) is 0 Å². The molecule has 3 heteroatoms. The molecule has 72 valence electrons. The van der Waals surface area contributed by atoms with E-state index in [2.05, 4.69) is 35.9 Å². The molecule has 0 aliphatic heterocycles. The molecule has 0 spiro atoms. The van der Waals surface area contributed by atoms with Gasteiger partial charge in [-0.2, -0.15) is 0 Å². The molecule has 0 N–H and O–H groups in total. The van der Waals surface area contributed by atoms with E-state index in [-0.39, 0.29) is 0 Å². The van der Waals surface area contributed by atoms with Crippen molar-refractivity contribution in [3.63, 3.8) is 0 Å². The Balaban J connectivity index is 2.64. The second kappa shape index (κ2) is 4.82. The molecule has 0 bridgehead atoms. The van der Waals surface area contributed by atoms with E-state index in [0.717, 1.165) is 10.2 Å². The molecular weight excluding hydrogens is 244 g/mol. The highest BCUT2D eigenvalue weighted by molar-refractivity contribution is 9.10. The van der Waals surface area contributed by atoms with Crippen molar-refractivity contribution in [2.24, 2.45) is 0 Å². The van der Waals surface area contributed by atoms with Crippen LogP contribution in [0.4, 0.5) is 0 Å². The highest BCUT2D eigenvalue weighted by Crippen LogP contribution is 2.19. The summed E-state index contributed by atoms with van der Waals surface area (Å²) >= 11 is 3.42. The van der Waals surface area contributed by atoms with E-state index in [1.54, 1.807) is 0 Å². The van der Waals surface area contributed by atoms with Crippen molar-refractivity contribution in [3.8, 4) is 5.75 Å². The topological polar surface area (TPSA) is 9.23 Å². The van der Waals surface area contributed by atoms with Crippen LogP contribution in [0.1, 0.15) is 6.92 Å². The van der Waals surface area contributed by atoms with Gasteiger partial charge in [-0.05, 0) is 25.1 Å². The van der Waals surface area contributed by atoms with Crippen LogP contribution >= 0.6 is 15.9 Å². The van der Waals surface area contributed by atoms with Gasteiger partial charge in [-0.25, -0.2) is 0 Å². The summed E-state index contributed by atoms with van der Waals surface area (Å²) in [4.78, 5) is 0. The maximum Gasteiger partial charge on any atom is 0.120 e. The minimum atomic E-state index is -0.688. The van der Waals surface area contributed by atoms with Gasteiger partial charge in [-0.15, -0.1) is 0 Å². The third-order valence-corrected chi connectivity index (χ3v) is 4.56. The van der Waals surface area contributed by atoms with Crippen molar-refractivity contribution in [1.82, 2.24) is 0 Å². The van der Waals surface area contributed by atoms with Gasteiger partial charge in [0.1, 0.15) is 5.75 Å². The molecule has 1 rings (SSSR count). The summed E-state index contributed by atoms with van der Waals surface area (Å²) in [5, 5.41) is 0. The molecule has 1 aromatic rings. The normalized spacial score (nSPS) is 13.0. The fourth-order valence-corrected chi connectivity index (χ4v) is 1.70. The molecule has 1 nitrogen and oxygen atoms in total. The predicted octanol–water partition coefficient (Wildman–Crippen LogP) is 3.24. The monoisotopic (exact) mass is 258 g/mol. The van der Waals surface area contributed by atoms with Crippen LogP contribution in [0.5, 0.6) is 5.75 Å². The lowest BCUT2D eigenvalue weighted by molar-refractivity contribution is 0.293. The zero-order valence-corrected chi connectivity index (χ0v) is 11.0. The molecule has 0 radical (unpaired) electrons. The maximum absolute atomic E-state index is 5.79. The van der Waals surface area contributed by atoms with Crippen LogP contribution in [0, 0.1) is 0 Å². The lowest BCUT2D eigenvalue weighted by Gasteiger charge is -2.17. The van der Waals surface area contributed by atoms with Gasteiger partial charge in [-0.3, -0.25) is 0 Å². The van der Waals surface area contributed by atoms with E-state index in [4.69, 9.17) is 4.74 Å². The zero-order valence-electron chi connectivity index (χ0n) is 8.25. The van der Waals surface area contributed by atoms with Gasteiger partial charge in [0.15, 0.2) is 0 Å². The molecule has 1 atom stereocenters. The average Bonchev–Trinajstić information content (AvgIpc) is 2.04. The van der Waals surface area contributed by atoms with Gasteiger partial charge in [0.05, 0.1) is 14.5 Å². The quantitative estimate of drug-likeness (QED) is 0.757. The molecule has 0 saturated carbocycles. The van der Waals surface area contributed by atoms with Crippen molar-refractivity contribution in [2.75, 3.05) is 0 Å². The van der Waals surface area contributed by atoms with Crippen LogP contribution in [-0.2, 0) is 0 Å². The van der Waals surface area contributed by atoms with Crippen LogP contribution in [0.2, 0.25) is 13.1 Å². The van der Waals surface area contributed by atoms with Crippen LogP contribution in [0.15, 0.2) is 28.7 Å². The summed E-state index contributed by atoms with van der Waals surface area (Å²) in [6.45, 7) is 6.74. The van der Waals surface area contributed by atoms with E-state index in [0.29, 0.717) is 5.73 Å². The summed E-state index contributed by atoms with van der Waals surface area (Å²) in [5.74, 6) is 0.961. The minimum Gasteiger partial charge on any atom is -0.495 e. The molecule has 0 aromatic heterocycles. The molecule has 0 aliphatic carbocycles. The van der Waals surface area contributed by atoms with E-state index >= 15 is 0 Å². The van der Waals surface area contributed by atoms with Gasteiger partial charge in [0.25, 0.3) is 0 Å². The molecule has 1 unspecified atom stereocenters. The highest BCUT2D eigenvalue weighted by atomic mass is 79.9. The highest BCUT2D eigenvalue weighted by Gasteiger charge is 2.09. The zero-order chi connectivity index (χ0) is 9.84. The molecule has 0 amide bonds. The number of hydrogen-bond donors (Lipinski definition) is 0. The van der Waals surface area contributed by atoms with E-state index in [1.807, 2.05) is 24.3 Å². The van der Waals surface area contributed by atoms with Crippen molar-refractivity contribution >= 4 is 24.7 Å². The smallest absolute Gasteiger partial charge is 0.120 e. The Morgan fingerprint density at radius 1 is 1.38 bits per heavy atom. The molecular formula is C10H15BrOSi. The standard InChI is InChI=1S/C10H15BrOSi/c1-8(13(2)3)12-10-6-4-5-9(11)7-10/h4-8,13H,1-3H3. The third-order valence-electron chi connectivity index (χ3n) is 2.06. The fraction of sp³-hybridized carbons (Fsp3) is 0.400. The van der Waals surface area contributed by atoms with Crippen LogP contribution in [0.3, 0.4) is 0 Å². The van der Waals surface area contributed by atoms with Gasteiger partial charge >= 0.3 is 0 Å². The lowest BCUT2D eigenvalue weighted by Crippen LogP contribution is -2.27. The van der Waals surface area contributed by atoms with Gasteiger partial charge in [0.2, 0.25) is 0 Å². The first-order chi connectivity index (χ1) is 6.09. The summed E-state index contributed by atoms with van der Waals surface area (Å²) < 4.78 is 6.86. The SMILES string of the molecule is CC(Oc1cccc(Br)c1)[SiH](C)C. The number of halogens is 1. The summed E-state index contributed by atoms with van der Waals surface area (Å²) in [7, 11) is -0.688. The third kappa shape index (κ3) is 3.52. The minimum absolute atomic E-state index is 0.397. The molecule has 0 aliphatic rings. The molecule has 0 heterocycles. The van der Waals surface area contributed by atoms with E-state index in [9.17, 15) is 0 Å². The number of ether oxygens (including phenoxy) is 1. The Morgan fingerprint density at radius 3 is 2.62 bits per heavy atom. The first kappa shape index (κ1) is 10.8. The summed E-state index contributed by atoms with van der Waals surface area (Å²) in [6.07, 6.45) is 0. The van der Waals surface area contributed by atoms with Crippen molar-refractivity contribution in [2.45, 2.75) is 25.7 Å². The Labute approximate surface area is 89.8 Å². The number of hydrogen-bond acceptors (Lipinski definition) is 1. The van der Waals surface area contributed by atoms with Gasteiger partial charge in [-0.1, -0.05) is 35.1 Å². The second-order valence-corrected chi connectivity index (χ2v) is 7.87. The molecule has 1 aromatic carbocycles. The Kier molecular flexibility index (Phi) is 4.00. The Morgan fingerprint density at radius 2 is 2.08 bits per heavy atom. The van der Waals surface area contributed by atoms with Crippen molar-refractivity contribution in [3.05, 3.63) is 28.7 Å². The first-order valence-electron chi connectivity index (χ1n) is 4.52. The average molecular weight is 259 g/mol. The van der Waals surface area contributed by atoms with Gasteiger partial charge < -0.3 is 4.74 Å². The largest absolute Gasteiger partial charge is 0.495 e. The van der Waals surface area contributed by atoms with Gasteiger partial charge in [0, 0.05) is 4.47 Å². The Bertz CT molecular complexity index is 275. The second-order valence-electron chi connectivity index (χ2n) is 3.52. The molecule has 0 fully saturated rings. The van der Waals surface area contributed by atoms with E-state index in [1.165, 1.54) is 0 Å². The number of benzene rings is 1. The van der Waals surface area contributed by atoms with E-state index < -0.39 is 8.80 Å². The first-order valence-corrected chi connectivity index (χ1v) is 8.28. The molecule has 0 saturated heterocycles. The molecule has 13 heavy (non-hydrogen) atoms. The van der Waals surface area contributed by atoms with Crippen LogP contribution < -0.4 is 4.74 Å². The predicted molar refractivity (Wildman–Crippen MR) is 63.1 cm³/mol. The number of rotatable bonds is 3. The maximum atomic E-state index is 5.79. The fourth-order valence-electron chi connectivity index (χ4n) is 0.891. The van der Waals surface area contributed by atoms with Crippen LogP contribution in [0.25, 0.3) is 0 Å². The Hall–Kier alpha value is -0.283. The van der Waals surface area contributed by atoms with Crippen LogP contribution in [-0.4, -0.2) is 14.5 Å². The summed E-state index contributed by atoms with van der Waals surface area (Å²) in [5.41, 5.74) is 0.397. The van der Waals surface area contributed by atoms with Crippen molar-refractivity contribution < 1.29 is 4.74 Å². The summed E-state index contributed by atoms with van der Waals surface area (Å²) in [6, 6.07) is 8.00.